The third-order valence-electron chi connectivity index (χ3n) is 8.99. The van der Waals surface area contributed by atoms with Gasteiger partial charge in [-0.1, -0.05) is 59.6 Å². The zero-order chi connectivity index (χ0) is 30.6. The fraction of sp³-hybridized carbons (Fsp3) is 0.394. The largest absolute Gasteiger partial charge is 0.504 e. The molecule has 0 aliphatic carbocycles. The SMILES string of the molecule is COc1cc(C(=O)N2CCC(CCNC(=O)C3(c4ccccc4)CCNCC3)(c3ccc(Cl)c(Cl)c3)C2)cc(O)c1OC. The topological polar surface area (TPSA) is 100 Å². The Morgan fingerprint density at radius 2 is 1.70 bits per heavy atom. The number of carbonyl (C=O) groups excluding carboxylic acids is 2. The Hall–Kier alpha value is -3.46. The number of nitrogens with one attached hydrogen (secondary N) is 2. The van der Waals surface area contributed by atoms with Crippen LogP contribution >= 0.6 is 23.2 Å². The summed E-state index contributed by atoms with van der Waals surface area (Å²) in [6, 6.07) is 18.5. The summed E-state index contributed by atoms with van der Waals surface area (Å²) in [7, 11) is 2.88. The number of rotatable bonds is 9. The first-order chi connectivity index (χ1) is 20.7. The van der Waals surface area contributed by atoms with Crippen LogP contribution in [0.25, 0.3) is 0 Å². The van der Waals surface area contributed by atoms with E-state index in [1.807, 2.05) is 42.5 Å². The quantitative estimate of drug-likeness (QED) is 0.297. The molecule has 0 aromatic heterocycles. The normalized spacial score (nSPS) is 19.6. The highest BCUT2D eigenvalue weighted by Gasteiger charge is 2.44. The number of ether oxygens (including phenoxy) is 2. The number of piperidine rings is 1. The second-order valence-electron chi connectivity index (χ2n) is 11.3. The maximum absolute atomic E-state index is 13.8. The molecule has 43 heavy (non-hydrogen) atoms. The molecule has 2 amide bonds. The van der Waals surface area contributed by atoms with Crippen molar-refractivity contribution >= 4 is 35.0 Å². The Kier molecular flexibility index (Phi) is 9.39. The van der Waals surface area contributed by atoms with Crippen LogP contribution in [0.5, 0.6) is 17.2 Å². The standard InChI is InChI=1S/C33H37Cl2N3O5/c1-42-28-19-22(18-27(39)29(28)43-2)30(40)38-17-13-32(21-38,24-8-9-25(34)26(35)20-24)10-16-37-31(41)33(11-14-36-15-12-33)23-6-4-3-5-7-23/h3-9,18-20,36,39H,10-17,21H2,1-2H3,(H,37,41). The van der Waals surface area contributed by atoms with E-state index in [0.29, 0.717) is 48.1 Å². The molecule has 3 N–H and O–H groups in total. The molecule has 2 fully saturated rings. The molecular formula is C33H37Cl2N3O5. The van der Waals surface area contributed by atoms with Gasteiger partial charge in [-0.05, 0) is 74.2 Å². The van der Waals surface area contributed by atoms with Crippen LogP contribution in [0.3, 0.4) is 0 Å². The fourth-order valence-electron chi connectivity index (χ4n) is 6.55. The van der Waals surface area contributed by atoms with Crippen molar-refractivity contribution < 1.29 is 24.2 Å². The van der Waals surface area contributed by atoms with Crippen molar-refractivity contribution in [2.45, 2.75) is 36.5 Å². The van der Waals surface area contributed by atoms with Crippen molar-refractivity contribution in [3.8, 4) is 17.2 Å². The number of methoxy groups -OCH3 is 2. The summed E-state index contributed by atoms with van der Waals surface area (Å²) in [6.07, 6.45) is 2.71. The minimum absolute atomic E-state index is 0.0243. The van der Waals surface area contributed by atoms with E-state index < -0.39 is 10.8 Å². The molecule has 8 nitrogen and oxygen atoms in total. The van der Waals surface area contributed by atoms with Gasteiger partial charge in [0.15, 0.2) is 11.5 Å². The van der Waals surface area contributed by atoms with Crippen LogP contribution in [0.4, 0.5) is 0 Å². The Morgan fingerprint density at radius 1 is 0.953 bits per heavy atom. The van der Waals surface area contributed by atoms with E-state index in [9.17, 15) is 14.7 Å². The van der Waals surface area contributed by atoms with Crippen LogP contribution in [0, 0.1) is 0 Å². The van der Waals surface area contributed by atoms with Crippen LogP contribution in [0.1, 0.15) is 47.2 Å². The van der Waals surface area contributed by atoms with Gasteiger partial charge in [0.2, 0.25) is 11.7 Å². The van der Waals surface area contributed by atoms with Crippen LogP contribution in [-0.2, 0) is 15.6 Å². The number of hydrogen-bond acceptors (Lipinski definition) is 6. The average Bonchev–Trinajstić information content (AvgIpc) is 3.47. The summed E-state index contributed by atoms with van der Waals surface area (Å²) in [5.74, 6) is 0.0569. The lowest BCUT2D eigenvalue weighted by Crippen LogP contribution is -2.51. The lowest BCUT2D eigenvalue weighted by Gasteiger charge is -2.37. The number of aromatic hydroxyl groups is 1. The van der Waals surface area contributed by atoms with E-state index in [1.54, 1.807) is 17.0 Å². The average molecular weight is 627 g/mol. The van der Waals surface area contributed by atoms with Gasteiger partial charge >= 0.3 is 0 Å². The minimum Gasteiger partial charge on any atom is -0.504 e. The smallest absolute Gasteiger partial charge is 0.254 e. The Labute approximate surface area is 262 Å². The van der Waals surface area contributed by atoms with E-state index in [0.717, 1.165) is 37.1 Å². The summed E-state index contributed by atoms with van der Waals surface area (Å²) >= 11 is 12.7. The molecule has 5 rings (SSSR count). The van der Waals surface area contributed by atoms with Crippen molar-refractivity contribution in [2.24, 2.45) is 0 Å². The van der Waals surface area contributed by atoms with Crippen molar-refractivity contribution in [3.05, 3.63) is 87.4 Å². The Bertz CT molecular complexity index is 1480. The highest BCUT2D eigenvalue weighted by Crippen LogP contribution is 2.42. The summed E-state index contributed by atoms with van der Waals surface area (Å²) in [4.78, 5) is 29.3. The molecule has 10 heteroatoms. The molecule has 0 saturated carbocycles. The highest BCUT2D eigenvalue weighted by molar-refractivity contribution is 6.42. The van der Waals surface area contributed by atoms with E-state index in [2.05, 4.69) is 10.6 Å². The van der Waals surface area contributed by atoms with E-state index >= 15 is 0 Å². The molecule has 3 aromatic rings. The number of likely N-dealkylation sites (tertiary alicyclic amines) is 1. The molecule has 0 radical (unpaired) electrons. The van der Waals surface area contributed by atoms with Crippen molar-refractivity contribution in [1.29, 1.82) is 0 Å². The number of carbonyl (C=O) groups is 2. The molecule has 3 aromatic carbocycles. The zero-order valence-corrected chi connectivity index (χ0v) is 25.9. The number of nitrogens with zero attached hydrogens (tertiary/aromatic N) is 1. The van der Waals surface area contributed by atoms with Gasteiger partial charge in [-0.3, -0.25) is 9.59 Å². The highest BCUT2D eigenvalue weighted by atomic mass is 35.5. The van der Waals surface area contributed by atoms with Crippen LogP contribution < -0.4 is 20.1 Å². The predicted molar refractivity (Wildman–Crippen MR) is 168 cm³/mol. The van der Waals surface area contributed by atoms with Crippen LogP contribution in [-0.4, -0.2) is 68.8 Å². The fourth-order valence-corrected chi connectivity index (χ4v) is 6.85. The summed E-state index contributed by atoms with van der Waals surface area (Å²) in [5.41, 5.74) is 1.23. The van der Waals surface area contributed by atoms with Crippen molar-refractivity contribution in [1.82, 2.24) is 15.5 Å². The van der Waals surface area contributed by atoms with Gasteiger partial charge in [-0.2, -0.15) is 0 Å². The molecule has 1 unspecified atom stereocenters. The molecule has 0 spiro atoms. The van der Waals surface area contributed by atoms with Crippen molar-refractivity contribution in [2.75, 3.05) is 46.9 Å². The molecule has 0 bridgehead atoms. The third-order valence-corrected chi connectivity index (χ3v) is 9.73. The van der Waals surface area contributed by atoms with Gasteiger partial charge in [0, 0.05) is 30.6 Å². The van der Waals surface area contributed by atoms with Gasteiger partial charge in [0.1, 0.15) is 0 Å². The first-order valence-corrected chi connectivity index (χ1v) is 15.2. The summed E-state index contributed by atoms with van der Waals surface area (Å²) in [6.45, 7) is 2.88. The minimum atomic E-state index is -0.587. The molecule has 228 valence electrons. The van der Waals surface area contributed by atoms with E-state index in [-0.39, 0.29) is 29.1 Å². The van der Waals surface area contributed by atoms with Crippen molar-refractivity contribution in [3.63, 3.8) is 0 Å². The van der Waals surface area contributed by atoms with Gasteiger partial charge in [-0.15, -0.1) is 0 Å². The maximum Gasteiger partial charge on any atom is 0.254 e. The first-order valence-electron chi connectivity index (χ1n) is 14.5. The second-order valence-corrected chi connectivity index (χ2v) is 12.1. The summed E-state index contributed by atoms with van der Waals surface area (Å²) < 4.78 is 10.6. The predicted octanol–water partition coefficient (Wildman–Crippen LogP) is 5.33. The molecule has 1 atom stereocenters. The monoisotopic (exact) mass is 625 g/mol. The lowest BCUT2D eigenvalue weighted by molar-refractivity contribution is -0.127. The Balaban J connectivity index is 1.38. The van der Waals surface area contributed by atoms with E-state index in [1.165, 1.54) is 20.3 Å². The number of halogens is 2. The lowest BCUT2D eigenvalue weighted by atomic mass is 9.72. The van der Waals surface area contributed by atoms with E-state index in [4.69, 9.17) is 32.7 Å². The Morgan fingerprint density at radius 3 is 2.37 bits per heavy atom. The molecule has 2 aliphatic heterocycles. The number of hydrogen-bond donors (Lipinski definition) is 3. The molecule has 2 heterocycles. The van der Waals surface area contributed by atoms with Crippen LogP contribution in [0.2, 0.25) is 10.0 Å². The molecule has 2 saturated heterocycles. The number of phenolic OH excluding ortho intramolecular Hbond substituents is 1. The van der Waals surface area contributed by atoms with Crippen LogP contribution in [0.15, 0.2) is 60.7 Å². The number of amides is 2. The number of phenols is 1. The molecule has 2 aliphatic rings. The maximum atomic E-state index is 13.8. The molecular weight excluding hydrogens is 589 g/mol. The van der Waals surface area contributed by atoms with Gasteiger partial charge in [0.05, 0.1) is 29.7 Å². The first kappa shape index (κ1) is 31.0. The zero-order valence-electron chi connectivity index (χ0n) is 24.4. The second kappa shape index (κ2) is 13.0. The third kappa shape index (κ3) is 6.14. The van der Waals surface area contributed by atoms with Gasteiger partial charge < -0.3 is 30.1 Å². The number of benzene rings is 3. The van der Waals surface area contributed by atoms with Gasteiger partial charge in [-0.25, -0.2) is 0 Å². The van der Waals surface area contributed by atoms with Gasteiger partial charge in [0.25, 0.3) is 5.91 Å². The summed E-state index contributed by atoms with van der Waals surface area (Å²) in [5, 5.41) is 18.0.